The van der Waals surface area contributed by atoms with Gasteiger partial charge in [0.05, 0.1) is 0 Å². The molecule has 2 rings (SSSR count). The number of aromatic nitrogens is 1. The van der Waals surface area contributed by atoms with Crippen molar-refractivity contribution in [2.75, 3.05) is 0 Å². The van der Waals surface area contributed by atoms with Crippen LogP contribution >= 0.6 is 7.81 Å². The second-order valence-electron chi connectivity index (χ2n) is 4.05. The Morgan fingerprint density at radius 1 is 0.842 bits per heavy atom. The Labute approximate surface area is 105 Å². The first-order valence-electron chi connectivity index (χ1n) is 5.15. The van der Waals surface area contributed by atoms with E-state index in [9.17, 15) is 25.2 Å². The van der Waals surface area contributed by atoms with Crippen molar-refractivity contribution in [3.8, 4) is 0 Å². The summed E-state index contributed by atoms with van der Waals surface area (Å²) in [4.78, 5) is 0. The molecule has 1 aromatic heterocycles. The summed E-state index contributed by atoms with van der Waals surface area (Å²) >= 11 is 0. The molecule has 0 aliphatic rings. The molecule has 0 saturated carbocycles. The molecule has 0 radical (unpaired) electrons. The zero-order valence-corrected chi connectivity index (χ0v) is 11.0. The van der Waals surface area contributed by atoms with E-state index in [1.807, 2.05) is 0 Å². The summed E-state index contributed by atoms with van der Waals surface area (Å²) < 4.78 is 61.4. The van der Waals surface area contributed by atoms with Crippen molar-refractivity contribution in [3.63, 3.8) is 0 Å². The van der Waals surface area contributed by atoms with Gasteiger partial charge in [-0.05, 0) is 12.1 Å². The maximum atomic E-state index is 9.87. The Morgan fingerprint density at radius 3 is 1.84 bits per heavy atom. The van der Waals surface area contributed by atoms with Crippen LogP contribution in [0, 0.1) is 6.92 Å². The first-order chi connectivity index (χ1) is 8.24. The van der Waals surface area contributed by atoms with Gasteiger partial charge in [-0.25, -0.2) is 0 Å². The minimum atomic E-state index is -10.7. The van der Waals surface area contributed by atoms with Crippen LogP contribution in [0.5, 0.6) is 0 Å². The molecule has 19 heavy (non-hydrogen) atoms. The Kier molecular flexibility index (Phi) is 3.36. The van der Waals surface area contributed by atoms with Gasteiger partial charge in [-0.15, -0.1) is 0 Å². The molecule has 0 bridgehead atoms. The molecule has 0 N–H and O–H groups in total. The molecule has 0 amide bonds. The summed E-state index contributed by atoms with van der Waals surface area (Å²) in [6.07, 6.45) is 0. The number of nitrogens with zero attached hydrogens (tertiary/aromatic N) is 1. The SMILES string of the molecule is Cc1ccc2ccccc2[n+]1C.F[P-](F)(F)(F)(F)F. The van der Waals surface area contributed by atoms with Crippen LogP contribution in [0.2, 0.25) is 0 Å². The van der Waals surface area contributed by atoms with Gasteiger partial charge in [0.25, 0.3) is 0 Å². The van der Waals surface area contributed by atoms with Crippen molar-refractivity contribution in [2.45, 2.75) is 6.92 Å². The first-order valence-corrected chi connectivity index (χ1v) is 7.18. The number of hydrogen-bond acceptors (Lipinski definition) is 0. The second-order valence-corrected chi connectivity index (χ2v) is 5.97. The molecule has 0 fully saturated rings. The molecule has 1 nitrogen and oxygen atoms in total. The van der Waals surface area contributed by atoms with Crippen molar-refractivity contribution >= 4 is 18.7 Å². The fourth-order valence-corrected chi connectivity index (χ4v) is 1.45. The van der Waals surface area contributed by atoms with Gasteiger partial charge in [-0.1, -0.05) is 12.1 Å². The monoisotopic (exact) mass is 303 g/mol. The number of hydrogen-bond donors (Lipinski definition) is 0. The van der Waals surface area contributed by atoms with Crippen molar-refractivity contribution in [1.29, 1.82) is 0 Å². The van der Waals surface area contributed by atoms with Crippen LogP contribution < -0.4 is 4.57 Å². The number of pyridine rings is 1. The van der Waals surface area contributed by atoms with E-state index in [2.05, 4.69) is 54.9 Å². The molecule has 8 heteroatoms. The average molecular weight is 303 g/mol. The summed E-state index contributed by atoms with van der Waals surface area (Å²) in [5.74, 6) is 0. The predicted octanol–water partition coefficient (Wildman–Crippen LogP) is 5.36. The van der Waals surface area contributed by atoms with Crippen molar-refractivity contribution < 1.29 is 29.7 Å². The summed E-state index contributed by atoms with van der Waals surface area (Å²) in [6.45, 7) is 2.12. The molecular weight excluding hydrogens is 291 g/mol. The summed E-state index contributed by atoms with van der Waals surface area (Å²) in [5, 5.41) is 1.30. The fourth-order valence-electron chi connectivity index (χ4n) is 1.45. The van der Waals surface area contributed by atoms with Crippen LogP contribution in [-0.2, 0) is 7.05 Å². The molecule has 0 unspecified atom stereocenters. The van der Waals surface area contributed by atoms with Gasteiger partial charge in [-0.3, -0.25) is 0 Å². The van der Waals surface area contributed by atoms with Gasteiger partial charge >= 0.3 is 33.0 Å². The molecule has 2 aromatic rings. The molecule has 0 spiro atoms. The normalized spacial score (nSPS) is 15.2. The van der Waals surface area contributed by atoms with Crippen molar-refractivity contribution in [2.24, 2.45) is 7.05 Å². The van der Waals surface area contributed by atoms with Crippen LogP contribution in [0.3, 0.4) is 0 Å². The van der Waals surface area contributed by atoms with Gasteiger partial charge in [0.15, 0.2) is 5.69 Å². The molecule has 0 saturated heterocycles. The summed E-state index contributed by atoms with van der Waals surface area (Å²) in [5.41, 5.74) is 2.58. The van der Waals surface area contributed by atoms with Gasteiger partial charge in [0.1, 0.15) is 7.05 Å². The van der Waals surface area contributed by atoms with E-state index < -0.39 is 7.81 Å². The van der Waals surface area contributed by atoms with Crippen LogP contribution in [0.25, 0.3) is 10.9 Å². The number of rotatable bonds is 0. The summed E-state index contributed by atoms with van der Waals surface area (Å²) in [6, 6.07) is 12.7. The van der Waals surface area contributed by atoms with Crippen molar-refractivity contribution in [3.05, 3.63) is 42.1 Å². The van der Waals surface area contributed by atoms with Crippen LogP contribution in [0.15, 0.2) is 36.4 Å². The number of fused-ring (bicyclic) bond motifs is 1. The number of para-hydroxylation sites is 1. The molecule has 0 atom stereocenters. The van der Waals surface area contributed by atoms with Gasteiger partial charge < -0.3 is 0 Å². The zero-order valence-electron chi connectivity index (χ0n) is 10.1. The number of halogens is 6. The Hall–Kier alpha value is -1.36. The Balaban J connectivity index is 0.000000224. The first kappa shape index (κ1) is 15.7. The van der Waals surface area contributed by atoms with E-state index in [1.165, 1.54) is 16.6 Å². The third-order valence-corrected chi connectivity index (χ3v) is 2.33. The third kappa shape index (κ3) is 6.96. The van der Waals surface area contributed by atoms with E-state index in [1.54, 1.807) is 0 Å². The van der Waals surface area contributed by atoms with E-state index >= 15 is 0 Å². The fraction of sp³-hybridized carbons (Fsp3) is 0.182. The van der Waals surface area contributed by atoms with E-state index in [0.717, 1.165) is 0 Å². The molecular formula is C11H12F6NP. The van der Waals surface area contributed by atoms with Crippen LogP contribution in [-0.4, -0.2) is 0 Å². The molecule has 108 valence electrons. The van der Waals surface area contributed by atoms with E-state index in [-0.39, 0.29) is 0 Å². The predicted molar refractivity (Wildman–Crippen MR) is 63.4 cm³/mol. The average Bonchev–Trinajstić information content (AvgIpc) is 2.20. The summed E-state index contributed by atoms with van der Waals surface area (Å²) in [7, 11) is -8.56. The maximum absolute atomic E-state index is 10.7. The minimum absolute atomic E-state index is 1.29. The number of benzene rings is 1. The Bertz CT molecular complexity index is 594. The van der Waals surface area contributed by atoms with Gasteiger partial charge in [0, 0.05) is 24.4 Å². The molecule has 1 heterocycles. The molecule has 1 aromatic carbocycles. The third-order valence-electron chi connectivity index (χ3n) is 2.33. The van der Waals surface area contributed by atoms with Gasteiger partial charge in [0.2, 0.25) is 5.52 Å². The van der Waals surface area contributed by atoms with E-state index in [4.69, 9.17) is 0 Å². The topological polar surface area (TPSA) is 3.88 Å². The van der Waals surface area contributed by atoms with Crippen molar-refractivity contribution in [1.82, 2.24) is 0 Å². The Morgan fingerprint density at radius 2 is 1.32 bits per heavy atom. The van der Waals surface area contributed by atoms with E-state index in [0.29, 0.717) is 0 Å². The zero-order chi connectivity index (χ0) is 15.0. The second kappa shape index (κ2) is 4.07. The standard InChI is InChI=1S/C11H12N.F6P/c1-9-7-8-10-5-3-4-6-11(10)12(9)2;1-7(2,3,4,5)6/h3-8H,1-2H3;/q+1;-1. The quantitative estimate of drug-likeness (QED) is 0.351. The molecule has 0 aliphatic carbocycles. The van der Waals surface area contributed by atoms with Gasteiger partial charge in [-0.2, -0.15) is 4.57 Å². The van der Waals surface area contributed by atoms with Crippen LogP contribution in [0.1, 0.15) is 5.69 Å². The van der Waals surface area contributed by atoms with Crippen LogP contribution in [0.4, 0.5) is 25.2 Å². The number of aryl methyl sites for hydroxylation is 2. The molecule has 0 aliphatic heterocycles.